The van der Waals surface area contributed by atoms with E-state index >= 15 is 0 Å². The van der Waals surface area contributed by atoms with Gasteiger partial charge in [-0.2, -0.15) is 0 Å². The minimum atomic E-state index is -1.43. The van der Waals surface area contributed by atoms with Gasteiger partial charge >= 0.3 is 0 Å². The maximum absolute atomic E-state index is 13.1. The van der Waals surface area contributed by atoms with Gasteiger partial charge in [0.05, 0.1) is 17.7 Å². The summed E-state index contributed by atoms with van der Waals surface area (Å²) in [6.45, 7) is 3.93. The predicted molar refractivity (Wildman–Crippen MR) is 118 cm³/mol. The van der Waals surface area contributed by atoms with Gasteiger partial charge in [-0.05, 0) is 68.7 Å². The molecule has 2 aliphatic rings. The molecule has 2 aromatic rings. The molecule has 2 heterocycles. The lowest BCUT2D eigenvalue weighted by Crippen LogP contribution is -2.62. The number of ketones is 1. The second-order valence-corrected chi connectivity index (χ2v) is 8.36. The van der Waals surface area contributed by atoms with Crippen LogP contribution in [0.1, 0.15) is 69.7 Å². The number of rotatable bonds is 7. The van der Waals surface area contributed by atoms with Crippen molar-refractivity contribution >= 4 is 29.4 Å². The molecule has 170 valence electrons. The number of imide groups is 2. The van der Waals surface area contributed by atoms with E-state index in [1.807, 2.05) is 6.92 Å². The Morgan fingerprint density at radius 2 is 1.73 bits per heavy atom. The van der Waals surface area contributed by atoms with Crippen LogP contribution in [0.3, 0.4) is 0 Å². The van der Waals surface area contributed by atoms with Gasteiger partial charge < -0.3 is 4.74 Å². The summed E-state index contributed by atoms with van der Waals surface area (Å²) in [6.07, 6.45) is 0.759. The molecule has 0 spiro atoms. The van der Waals surface area contributed by atoms with Gasteiger partial charge in [0.2, 0.25) is 5.91 Å². The van der Waals surface area contributed by atoms with Crippen molar-refractivity contribution in [1.82, 2.24) is 10.2 Å². The molecule has 0 aromatic heterocycles. The third-order valence-electron chi connectivity index (χ3n) is 6.15. The van der Waals surface area contributed by atoms with Crippen molar-refractivity contribution in [3.8, 4) is 5.75 Å². The lowest BCUT2D eigenvalue weighted by atomic mass is 9.89. The van der Waals surface area contributed by atoms with Crippen molar-refractivity contribution < 1.29 is 28.7 Å². The van der Waals surface area contributed by atoms with Gasteiger partial charge in [0.15, 0.2) is 5.78 Å². The van der Waals surface area contributed by atoms with Crippen LogP contribution in [0.4, 0.5) is 0 Å². The molecule has 0 unspecified atom stereocenters. The third-order valence-corrected chi connectivity index (χ3v) is 6.15. The number of aryl methyl sites for hydroxylation is 1. The largest absolute Gasteiger partial charge is 0.494 e. The highest BCUT2D eigenvalue weighted by molar-refractivity contribution is 6.24. The molecule has 1 fully saturated rings. The van der Waals surface area contributed by atoms with Crippen molar-refractivity contribution in [2.75, 3.05) is 6.61 Å². The molecule has 33 heavy (non-hydrogen) atoms. The number of carbonyl (C=O) groups excluding carboxylic acids is 5. The SMILES string of the molecule is CCOc1ccc(C(=O)CCc2ccc3c(c2)C(=O)N([C@@]2(C)CCC(=O)NC2=O)C3=O)cc1. The third kappa shape index (κ3) is 4.04. The van der Waals surface area contributed by atoms with Crippen molar-refractivity contribution in [2.45, 2.75) is 45.1 Å². The lowest BCUT2D eigenvalue weighted by molar-refractivity contribution is -0.140. The molecule has 8 heteroatoms. The van der Waals surface area contributed by atoms with E-state index < -0.39 is 29.2 Å². The Morgan fingerprint density at radius 1 is 1.03 bits per heavy atom. The standard InChI is InChI=1S/C25H24N2O6/c1-3-33-17-8-6-16(7-9-17)20(28)11-5-15-4-10-18-19(14-15)23(31)27(22(18)30)25(2)13-12-21(29)26-24(25)32/h4,6-10,14H,3,5,11-13H2,1-2H3,(H,26,29,32)/t25-/m0/s1. The van der Waals surface area contributed by atoms with Crippen molar-refractivity contribution in [2.24, 2.45) is 0 Å². The van der Waals surface area contributed by atoms with Crippen LogP contribution in [0.5, 0.6) is 5.75 Å². The smallest absolute Gasteiger partial charge is 0.262 e. The number of benzene rings is 2. The van der Waals surface area contributed by atoms with Gasteiger partial charge in [0, 0.05) is 18.4 Å². The maximum atomic E-state index is 13.1. The van der Waals surface area contributed by atoms with Gasteiger partial charge in [-0.3, -0.25) is 34.2 Å². The first kappa shape index (κ1) is 22.4. The Morgan fingerprint density at radius 3 is 2.39 bits per heavy atom. The molecular weight excluding hydrogens is 424 g/mol. The number of Topliss-reactive ketones (excluding diaryl/α,β-unsaturated/α-hetero) is 1. The van der Waals surface area contributed by atoms with E-state index in [-0.39, 0.29) is 36.2 Å². The highest BCUT2D eigenvalue weighted by Gasteiger charge is 2.52. The van der Waals surface area contributed by atoms with Crippen LogP contribution in [-0.2, 0) is 16.0 Å². The highest BCUT2D eigenvalue weighted by atomic mass is 16.5. The summed E-state index contributed by atoms with van der Waals surface area (Å²) < 4.78 is 5.39. The fourth-order valence-corrected chi connectivity index (χ4v) is 4.21. The quantitative estimate of drug-likeness (QED) is 0.515. The van der Waals surface area contributed by atoms with Crippen LogP contribution in [0.25, 0.3) is 0 Å². The number of piperidine rings is 1. The van der Waals surface area contributed by atoms with E-state index in [0.717, 1.165) is 10.5 Å². The Kier molecular flexibility index (Phi) is 5.84. The molecule has 0 radical (unpaired) electrons. The number of nitrogens with one attached hydrogen (secondary N) is 1. The highest BCUT2D eigenvalue weighted by Crippen LogP contribution is 2.34. The number of fused-ring (bicyclic) bond motifs is 1. The van der Waals surface area contributed by atoms with Crippen LogP contribution >= 0.6 is 0 Å². The molecule has 1 atom stereocenters. The molecule has 4 rings (SSSR count). The normalized spacial score (nSPS) is 20.0. The zero-order chi connectivity index (χ0) is 23.8. The lowest BCUT2D eigenvalue weighted by Gasteiger charge is -2.38. The summed E-state index contributed by atoms with van der Waals surface area (Å²) in [6, 6.07) is 11.8. The Labute approximate surface area is 190 Å². The van der Waals surface area contributed by atoms with Crippen LogP contribution in [0.2, 0.25) is 0 Å². The van der Waals surface area contributed by atoms with E-state index in [2.05, 4.69) is 5.32 Å². The Balaban J connectivity index is 1.48. The topological polar surface area (TPSA) is 110 Å². The fraction of sp³-hybridized carbons (Fsp3) is 0.320. The molecule has 1 N–H and O–H groups in total. The Bertz CT molecular complexity index is 1170. The first-order chi connectivity index (χ1) is 15.7. The molecule has 0 saturated carbocycles. The predicted octanol–water partition coefficient (Wildman–Crippen LogP) is 2.69. The first-order valence-corrected chi connectivity index (χ1v) is 10.9. The van der Waals surface area contributed by atoms with Crippen LogP contribution in [-0.4, -0.2) is 46.5 Å². The van der Waals surface area contributed by atoms with Gasteiger partial charge in [0.25, 0.3) is 17.7 Å². The van der Waals surface area contributed by atoms with Gasteiger partial charge in [-0.15, -0.1) is 0 Å². The van der Waals surface area contributed by atoms with E-state index in [1.54, 1.807) is 42.5 Å². The number of ether oxygens (including phenoxy) is 1. The van der Waals surface area contributed by atoms with Gasteiger partial charge in [0.1, 0.15) is 11.3 Å². The molecule has 4 amide bonds. The second kappa shape index (κ2) is 8.61. The number of carbonyl (C=O) groups is 5. The summed E-state index contributed by atoms with van der Waals surface area (Å²) in [5.74, 6) is -1.55. The van der Waals surface area contributed by atoms with Gasteiger partial charge in [-0.1, -0.05) is 6.07 Å². The summed E-state index contributed by atoms with van der Waals surface area (Å²) >= 11 is 0. The summed E-state index contributed by atoms with van der Waals surface area (Å²) in [5, 5.41) is 2.22. The molecular formula is C25H24N2O6. The van der Waals surface area contributed by atoms with Crippen LogP contribution in [0, 0.1) is 0 Å². The average molecular weight is 448 g/mol. The summed E-state index contributed by atoms with van der Waals surface area (Å²) in [4.78, 5) is 63.6. The second-order valence-electron chi connectivity index (χ2n) is 8.36. The number of hydrogen-bond donors (Lipinski definition) is 1. The van der Waals surface area contributed by atoms with Crippen LogP contribution < -0.4 is 10.1 Å². The van der Waals surface area contributed by atoms with E-state index in [9.17, 15) is 24.0 Å². The fourth-order valence-electron chi connectivity index (χ4n) is 4.21. The van der Waals surface area contributed by atoms with Crippen molar-refractivity contribution in [3.05, 3.63) is 64.7 Å². The number of amides is 4. The number of nitrogens with zero attached hydrogens (tertiary/aromatic N) is 1. The summed E-state index contributed by atoms with van der Waals surface area (Å²) in [5.41, 5.74) is 0.307. The van der Waals surface area contributed by atoms with Crippen molar-refractivity contribution in [1.29, 1.82) is 0 Å². The molecule has 0 aliphatic carbocycles. The first-order valence-electron chi connectivity index (χ1n) is 10.9. The molecule has 8 nitrogen and oxygen atoms in total. The molecule has 2 aromatic carbocycles. The van der Waals surface area contributed by atoms with E-state index in [1.165, 1.54) is 6.92 Å². The zero-order valence-corrected chi connectivity index (χ0v) is 18.5. The molecule has 0 bridgehead atoms. The van der Waals surface area contributed by atoms with E-state index in [4.69, 9.17) is 4.74 Å². The van der Waals surface area contributed by atoms with E-state index in [0.29, 0.717) is 24.3 Å². The minimum absolute atomic E-state index is 0.0429. The summed E-state index contributed by atoms with van der Waals surface area (Å²) in [7, 11) is 0. The monoisotopic (exact) mass is 448 g/mol. The van der Waals surface area contributed by atoms with Crippen molar-refractivity contribution in [3.63, 3.8) is 0 Å². The molecule has 1 saturated heterocycles. The van der Waals surface area contributed by atoms with Crippen LogP contribution in [0.15, 0.2) is 42.5 Å². The zero-order valence-electron chi connectivity index (χ0n) is 18.5. The molecule has 2 aliphatic heterocycles. The van der Waals surface area contributed by atoms with Gasteiger partial charge in [-0.25, -0.2) is 0 Å². The average Bonchev–Trinajstić information content (AvgIpc) is 3.05. The minimum Gasteiger partial charge on any atom is -0.494 e. The number of hydrogen-bond acceptors (Lipinski definition) is 6. The Hall–Kier alpha value is -3.81. The maximum Gasteiger partial charge on any atom is 0.262 e.